The molecule has 0 aromatic heterocycles. The largest absolute Gasteiger partial charge is 0.347 e. The number of nitrogens with zero attached hydrogens (tertiary/aromatic N) is 2. The number of hydrogen-bond acceptors (Lipinski definition) is 3. The van der Waals surface area contributed by atoms with Gasteiger partial charge in [-0.15, -0.1) is 0 Å². The fraction of sp³-hybridized carbons (Fsp3) is 0.526. The van der Waals surface area contributed by atoms with Gasteiger partial charge < -0.3 is 15.1 Å². The van der Waals surface area contributed by atoms with Crippen molar-refractivity contribution in [3.8, 4) is 0 Å². The lowest BCUT2D eigenvalue weighted by molar-refractivity contribution is -0.142. The molecule has 1 N–H and O–H groups in total. The van der Waals surface area contributed by atoms with Crippen LogP contribution in [0.4, 0.5) is 5.69 Å². The summed E-state index contributed by atoms with van der Waals surface area (Å²) in [7, 11) is 3.43. The van der Waals surface area contributed by atoms with Crippen molar-refractivity contribution in [1.82, 2.24) is 9.80 Å². The molecule has 2 aliphatic heterocycles. The van der Waals surface area contributed by atoms with Crippen molar-refractivity contribution in [3.63, 3.8) is 0 Å². The Bertz CT molecular complexity index is 686. The van der Waals surface area contributed by atoms with Crippen molar-refractivity contribution < 1.29 is 14.4 Å². The quantitative estimate of drug-likeness (QED) is 0.904. The fourth-order valence-corrected chi connectivity index (χ4v) is 3.71. The number of anilines is 1. The number of likely N-dealkylation sites (N-methyl/N-ethyl adjacent to an activating group) is 1. The Hall–Kier alpha value is -2.37. The number of benzene rings is 1. The smallest absolute Gasteiger partial charge is 0.244 e. The predicted molar refractivity (Wildman–Crippen MR) is 94.9 cm³/mol. The number of likely N-dealkylation sites (tertiary alicyclic amines) is 1. The van der Waals surface area contributed by atoms with Gasteiger partial charge in [-0.2, -0.15) is 0 Å². The number of para-hydroxylation sites is 1. The van der Waals surface area contributed by atoms with E-state index in [9.17, 15) is 14.4 Å². The van der Waals surface area contributed by atoms with Gasteiger partial charge in [-0.25, -0.2) is 0 Å². The average molecular weight is 343 g/mol. The van der Waals surface area contributed by atoms with E-state index in [0.29, 0.717) is 25.8 Å². The molecule has 134 valence electrons. The summed E-state index contributed by atoms with van der Waals surface area (Å²) in [5.74, 6) is -0.252. The van der Waals surface area contributed by atoms with Crippen LogP contribution >= 0.6 is 0 Å². The third-order valence-corrected chi connectivity index (χ3v) is 5.12. The number of hydrogen-bond donors (Lipinski definition) is 1. The van der Waals surface area contributed by atoms with Crippen LogP contribution in [0.15, 0.2) is 24.3 Å². The molecule has 2 unspecified atom stereocenters. The first kappa shape index (κ1) is 17.5. The monoisotopic (exact) mass is 343 g/mol. The summed E-state index contributed by atoms with van der Waals surface area (Å²) in [4.78, 5) is 40.3. The van der Waals surface area contributed by atoms with Crippen LogP contribution < -0.4 is 5.32 Å². The van der Waals surface area contributed by atoms with Gasteiger partial charge in [0.1, 0.15) is 6.04 Å². The molecular weight excluding hydrogens is 318 g/mol. The van der Waals surface area contributed by atoms with E-state index in [1.807, 2.05) is 24.3 Å². The van der Waals surface area contributed by atoms with Crippen LogP contribution in [0.1, 0.15) is 31.2 Å². The highest BCUT2D eigenvalue weighted by molar-refractivity contribution is 5.96. The molecule has 1 fully saturated rings. The van der Waals surface area contributed by atoms with Crippen LogP contribution in [0.25, 0.3) is 0 Å². The minimum absolute atomic E-state index is 0.0183. The summed E-state index contributed by atoms with van der Waals surface area (Å²) < 4.78 is 0. The molecule has 0 bridgehead atoms. The lowest BCUT2D eigenvalue weighted by atomic mass is 9.89. The molecule has 6 heteroatoms. The maximum absolute atomic E-state index is 12.6. The van der Waals surface area contributed by atoms with E-state index in [4.69, 9.17) is 0 Å². The maximum atomic E-state index is 12.6. The highest BCUT2D eigenvalue weighted by Crippen LogP contribution is 2.28. The molecular formula is C19H25N3O3. The van der Waals surface area contributed by atoms with Crippen molar-refractivity contribution in [3.05, 3.63) is 29.8 Å². The summed E-state index contributed by atoms with van der Waals surface area (Å²) >= 11 is 0. The Kier molecular flexibility index (Phi) is 5.06. The zero-order valence-corrected chi connectivity index (χ0v) is 14.8. The van der Waals surface area contributed by atoms with E-state index in [0.717, 1.165) is 24.1 Å². The predicted octanol–water partition coefficient (Wildman–Crippen LogP) is 1.66. The van der Waals surface area contributed by atoms with Crippen molar-refractivity contribution in [2.24, 2.45) is 5.92 Å². The fourth-order valence-electron chi connectivity index (χ4n) is 3.71. The lowest BCUT2D eigenvalue weighted by Gasteiger charge is -2.28. The molecule has 25 heavy (non-hydrogen) atoms. The number of nitrogens with one attached hydrogen (secondary N) is 1. The van der Waals surface area contributed by atoms with E-state index in [-0.39, 0.29) is 29.7 Å². The van der Waals surface area contributed by atoms with E-state index < -0.39 is 0 Å². The van der Waals surface area contributed by atoms with Crippen molar-refractivity contribution in [2.45, 2.75) is 38.1 Å². The Morgan fingerprint density at radius 3 is 2.80 bits per heavy atom. The maximum Gasteiger partial charge on any atom is 0.244 e. The average Bonchev–Trinajstić information content (AvgIpc) is 3.08. The Morgan fingerprint density at radius 1 is 1.28 bits per heavy atom. The second-order valence-electron chi connectivity index (χ2n) is 7.06. The summed E-state index contributed by atoms with van der Waals surface area (Å²) in [6.07, 6.45) is 3.05. The van der Waals surface area contributed by atoms with E-state index in [1.54, 1.807) is 23.9 Å². The Balaban J connectivity index is 1.59. The van der Waals surface area contributed by atoms with Gasteiger partial charge in [0.25, 0.3) is 0 Å². The standard InChI is InChI=1S/C19H25N3O3/c1-21(2)19(25)16-8-5-11-22(16)17(23)10-9-14-12-13-6-3-4-7-15(13)20-18(14)24/h3-4,6-7,14,16H,5,8-12H2,1-2H3,(H,20,24). The number of amides is 3. The van der Waals surface area contributed by atoms with Crippen LogP contribution in [0.5, 0.6) is 0 Å². The molecule has 3 amide bonds. The lowest BCUT2D eigenvalue weighted by Crippen LogP contribution is -2.45. The van der Waals surface area contributed by atoms with Gasteiger partial charge in [0.2, 0.25) is 17.7 Å². The molecule has 1 aromatic carbocycles. The molecule has 2 atom stereocenters. The minimum atomic E-state index is -0.344. The molecule has 2 heterocycles. The molecule has 0 saturated carbocycles. The summed E-state index contributed by atoms with van der Waals surface area (Å²) in [6, 6.07) is 7.42. The van der Waals surface area contributed by atoms with Crippen LogP contribution in [0.3, 0.4) is 0 Å². The van der Waals surface area contributed by atoms with Gasteiger partial charge in [-0.3, -0.25) is 14.4 Å². The number of fused-ring (bicyclic) bond motifs is 1. The summed E-state index contributed by atoms with van der Waals surface area (Å²) in [5, 5.41) is 2.92. The number of carbonyl (C=O) groups is 3. The second-order valence-corrected chi connectivity index (χ2v) is 7.06. The molecule has 0 aliphatic carbocycles. The summed E-state index contributed by atoms with van der Waals surface area (Å²) in [5.41, 5.74) is 1.98. The Labute approximate surface area is 148 Å². The van der Waals surface area contributed by atoms with E-state index in [2.05, 4.69) is 5.32 Å². The van der Waals surface area contributed by atoms with Gasteiger partial charge in [0, 0.05) is 38.7 Å². The number of carbonyl (C=O) groups excluding carboxylic acids is 3. The summed E-state index contributed by atoms with van der Waals surface area (Å²) in [6.45, 7) is 0.628. The van der Waals surface area contributed by atoms with E-state index >= 15 is 0 Å². The minimum Gasteiger partial charge on any atom is -0.347 e. The third-order valence-electron chi connectivity index (χ3n) is 5.12. The van der Waals surface area contributed by atoms with Crippen LogP contribution in [0.2, 0.25) is 0 Å². The molecule has 6 nitrogen and oxygen atoms in total. The topological polar surface area (TPSA) is 69.7 Å². The SMILES string of the molecule is CN(C)C(=O)C1CCCN1C(=O)CCC1Cc2ccccc2NC1=O. The molecule has 2 aliphatic rings. The first-order chi connectivity index (χ1) is 12.0. The van der Waals surface area contributed by atoms with Gasteiger partial charge in [0.05, 0.1) is 0 Å². The van der Waals surface area contributed by atoms with Gasteiger partial charge in [0.15, 0.2) is 0 Å². The van der Waals surface area contributed by atoms with Crippen molar-refractivity contribution in [1.29, 1.82) is 0 Å². The highest BCUT2D eigenvalue weighted by Gasteiger charge is 2.35. The zero-order valence-electron chi connectivity index (χ0n) is 14.8. The molecule has 0 spiro atoms. The van der Waals surface area contributed by atoms with Crippen LogP contribution in [-0.2, 0) is 20.8 Å². The third kappa shape index (κ3) is 3.67. The molecule has 3 rings (SSSR count). The van der Waals surface area contributed by atoms with Gasteiger partial charge >= 0.3 is 0 Å². The molecule has 0 radical (unpaired) electrons. The second kappa shape index (κ2) is 7.25. The normalized spacial score (nSPS) is 22.3. The zero-order chi connectivity index (χ0) is 18.0. The van der Waals surface area contributed by atoms with Crippen molar-refractivity contribution in [2.75, 3.05) is 26.0 Å². The van der Waals surface area contributed by atoms with E-state index in [1.165, 1.54) is 0 Å². The van der Waals surface area contributed by atoms with Crippen molar-refractivity contribution >= 4 is 23.4 Å². The molecule has 1 aromatic rings. The Morgan fingerprint density at radius 2 is 2.04 bits per heavy atom. The van der Waals surface area contributed by atoms with Gasteiger partial charge in [-0.1, -0.05) is 18.2 Å². The first-order valence-corrected chi connectivity index (χ1v) is 8.86. The first-order valence-electron chi connectivity index (χ1n) is 8.86. The molecule has 1 saturated heterocycles. The highest BCUT2D eigenvalue weighted by atomic mass is 16.2. The van der Waals surface area contributed by atoms with Gasteiger partial charge in [-0.05, 0) is 37.3 Å². The van der Waals surface area contributed by atoms with Crippen LogP contribution in [-0.4, -0.2) is 54.2 Å². The number of rotatable bonds is 4. The van der Waals surface area contributed by atoms with Crippen LogP contribution in [0, 0.1) is 5.92 Å².